The van der Waals surface area contributed by atoms with Gasteiger partial charge in [0.05, 0.1) is 18.8 Å². The number of ether oxygens (including phenoxy) is 4. The standard InChI is InChI=1S/C21H22N2O6/c24-20(22-17-5-6-18-19(11-17)29-14-28-18)13-27-21(25)16-3-1-15(2-4-16)12-23-7-9-26-10-8-23/h1-6,11H,7-10,12-14H2,(H,22,24)/p+1. The normalized spacial score (nSPS) is 15.7. The molecule has 2 aromatic rings. The summed E-state index contributed by atoms with van der Waals surface area (Å²) in [4.78, 5) is 25.7. The second kappa shape index (κ2) is 8.93. The number of nitrogens with one attached hydrogen (secondary N) is 2. The number of benzene rings is 2. The molecular weight excluding hydrogens is 376 g/mol. The molecule has 0 aromatic heterocycles. The van der Waals surface area contributed by atoms with Crippen molar-refractivity contribution in [3.63, 3.8) is 0 Å². The van der Waals surface area contributed by atoms with Crippen LogP contribution < -0.4 is 19.7 Å². The maximum Gasteiger partial charge on any atom is 0.338 e. The van der Waals surface area contributed by atoms with Gasteiger partial charge < -0.3 is 29.2 Å². The van der Waals surface area contributed by atoms with Crippen molar-refractivity contribution in [2.45, 2.75) is 6.54 Å². The van der Waals surface area contributed by atoms with Crippen LogP contribution in [0.25, 0.3) is 0 Å². The van der Waals surface area contributed by atoms with E-state index < -0.39 is 11.9 Å². The monoisotopic (exact) mass is 399 g/mol. The third kappa shape index (κ3) is 5.04. The van der Waals surface area contributed by atoms with E-state index in [1.807, 2.05) is 12.1 Å². The van der Waals surface area contributed by atoms with Crippen molar-refractivity contribution in [2.24, 2.45) is 0 Å². The molecule has 2 N–H and O–H groups in total. The average Bonchev–Trinajstić information content (AvgIpc) is 3.21. The van der Waals surface area contributed by atoms with Crippen LogP contribution in [0, 0.1) is 0 Å². The van der Waals surface area contributed by atoms with Crippen LogP contribution in [0.4, 0.5) is 5.69 Å². The molecule has 29 heavy (non-hydrogen) atoms. The summed E-state index contributed by atoms with van der Waals surface area (Å²) < 4.78 is 21.0. The van der Waals surface area contributed by atoms with E-state index in [0.29, 0.717) is 22.7 Å². The molecule has 8 nitrogen and oxygen atoms in total. The topological polar surface area (TPSA) is 87.5 Å². The van der Waals surface area contributed by atoms with Gasteiger partial charge in [-0.3, -0.25) is 4.79 Å². The van der Waals surface area contributed by atoms with Crippen LogP contribution in [-0.2, 0) is 20.8 Å². The zero-order chi connectivity index (χ0) is 20.1. The Labute approximate surface area is 168 Å². The molecule has 152 valence electrons. The molecule has 1 amide bonds. The van der Waals surface area contributed by atoms with E-state index in [1.165, 1.54) is 4.90 Å². The average molecular weight is 399 g/mol. The smallest absolute Gasteiger partial charge is 0.338 e. The number of morpholine rings is 1. The molecule has 0 spiro atoms. The number of esters is 1. The van der Waals surface area contributed by atoms with E-state index in [9.17, 15) is 9.59 Å². The lowest BCUT2D eigenvalue weighted by Gasteiger charge is -2.23. The fraction of sp³-hybridized carbons (Fsp3) is 0.333. The van der Waals surface area contributed by atoms with Gasteiger partial charge in [0.25, 0.3) is 5.91 Å². The summed E-state index contributed by atoms with van der Waals surface area (Å²) in [6.45, 7) is 4.24. The maximum absolute atomic E-state index is 12.2. The fourth-order valence-corrected chi connectivity index (χ4v) is 3.27. The molecule has 0 radical (unpaired) electrons. The Kier molecular flexibility index (Phi) is 5.92. The Morgan fingerprint density at radius 1 is 1.00 bits per heavy atom. The quantitative estimate of drug-likeness (QED) is 0.693. The molecule has 2 aliphatic rings. The molecule has 0 atom stereocenters. The number of quaternary nitrogens is 1. The lowest BCUT2D eigenvalue weighted by atomic mass is 10.1. The Morgan fingerprint density at radius 2 is 1.76 bits per heavy atom. The summed E-state index contributed by atoms with van der Waals surface area (Å²) in [5, 5.41) is 2.67. The largest absolute Gasteiger partial charge is 0.454 e. The van der Waals surface area contributed by atoms with Crippen molar-refractivity contribution in [3.8, 4) is 11.5 Å². The third-order valence-electron chi connectivity index (χ3n) is 4.83. The van der Waals surface area contributed by atoms with E-state index in [-0.39, 0.29) is 13.4 Å². The summed E-state index contributed by atoms with van der Waals surface area (Å²) >= 11 is 0. The van der Waals surface area contributed by atoms with Crippen LogP contribution in [0.2, 0.25) is 0 Å². The predicted molar refractivity (Wildman–Crippen MR) is 103 cm³/mol. The number of amides is 1. The molecule has 1 fully saturated rings. The van der Waals surface area contributed by atoms with Crippen LogP contribution in [0.1, 0.15) is 15.9 Å². The highest BCUT2D eigenvalue weighted by atomic mass is 16.7. The van der Waals surface area contributed by atoms with Gasteiger partial charge in [0.1, 0.15) is 19.6 Å². The van der Waals surface area contributed by atoms with Crippen molar-refractivity contribution in [1.29, 1.82) is 0 Å². The Bertz CT molecular complexity index is 877. The molecule has 0 unspecified atom stereocenters. The summed E-state index contributed by atoms with van der Waals surface area (Å²) in [7, 11) is 0. The molecule has 2 aliphatic heterocycles. The van der Waals surface area contributed by atoms with Gasteiger partial charge >= 0.3 is 5.97 Å². The SMILES string of the molecule is O=C(COC(=O)c1ccc(C[NH+]2CCOCC2)cc1)Nc1ccc2c(c1)OCO2. The first kappa shape index (κ1) is 19.2. The molecular formula is C21H23N2O6+. The van der Waals surface area contributed by atoms with Gasteiger partial charge in [-0.15, -0.1) is 0 Å². The summed E-state index contributed by atoms with van der Waals surface area (Å²) in [6, 6.07) is 12.4. The third-order valence-corrected chi connectivity index (χ3v) is 4.83. The number of hydrogen-bond donors (Lipinski definition) is 2. The van der Waals surface area contributed by atoms with E-state index in [0.717, 1.165) is 38.4 Å². The first-order valence-corrected chi connectivity index (χ1v) is 9.54. The van der Waals surface area contributed by atoms with Gasteiger partial charge in [-0.1, -0.05) is 12.1 Å². The Morgan fingerprint density at radius 3 is 2.55 bits per heavy atom. The van der Waals surface area contributed by atoms with Crippen LogP contribution in [0.3, 0.4) is 0 Å². The van der Waals surface area contributed by atoms with Crippen molar-refractivity contribution >= 4 is 17.6 Å². The van der Waals surface area contributed by atoms with E-state index in [4.69, 9.17) is 18.9 Å². The number of fused-ring (bicyclic) bond motifs is 1. The van der Waals surface area contributed by atoms with Crippen molar-refractivity contribution in [2.75, 3.05) is 45.0 Å². The van der Waals surface area contributed by atoms with Gasteiger partial charge in [0, 0.05) is 17.3 Å². The highest BCUT2D eigenvalue weighted by Crippen LogP contribution is 2.34. The molecule has 2 heterocycles. The number of anilines is 1. The Balaban J connectivity index is 1.25. The molecule has 1 saturated heterocycles. The minimum atomic E-state index is -0.531. The lowest BCUT2D eigenvalue weighted by molar-refractivity contribution is -0.921. The highest BCUT2D eigenvalue weighted by molar-refractivity contribution is 5.95. The Hall–Kier alpha value is -3.10. The molecule has 4 rings (SSSR count). The number of carbonyl (C=O) groups excluding carboxylic acids is 2. The van der Waals surface area contributed by atoms with Crippen molar-refractivity contribution < 1.29 is 33.4 Å². The fourth-order valence-electron chi connectivity index (χ4n) is 3.27. The van der Waals surface area contributed by atoms with Gasteiger partial charge in [0.2, 0.25) is 6.79 Å². The van der Waals surface area contributed by atoms with Crippen LogP contribution in [-0.4, -0.2) is 51.6 Å². The molecule has 2 aromatic carbocycles. The summed E-state index contributed by atoms with van der Waals surface area (Å²) in [5.41, 5.74) is 2.12. The first-order chi connectivity index (χ1) is 14.2. The predicted octanol–water partition coefficient (Wildman–Crippen LogP) is 0.626. The summed E-state index contributed by atoms with van der Waals surface area (Å²) in [6.07, 6.45) is 0. The molecule has 0 bridgehead atoms. The van der Waals surface area contributed by atoms with Gasteiger partial charge in [-0.2, -0.15) is 0 Å². The minimum Gasteiger partial charge on any atom is -0.454 e. The van der Waals surface area contributed by atoms with Gasteiger partial charge in [0.15, 0.2) is 18.1 Å². The van der Waals surface area contributed by atoms with Gasteiger partial charge in [-0.05, 0) is 24.3 Å². The zero-order valence-electron chi connectivity index (χ0n) is 15.9. The zero-order valence-corrected chi connectivity index (χ0v) is 15.9. The second-order valence-corrected chi connectivity index (χ2v) is 6.93. The molecule has 8 heteroatoms. The van der Waals surface area contributed by atoms with Crippen molar-refractivity contribution in [3.05, 3.63) is 53.6 Å². The minimum absolute atomic E-state index is 0.164. The van der Waals surface area contributed by atoms with Crippen LogP contribution in [0.15, 0.2) is 42.5 Å². The van der Waals surface area contributed by atoms with Crippen LogP contribution >= 0.6 is 0 Å². The van der Waals surface area contributed by atoms with Crippen molar-refractivity contribution in [1.82, 2.24) is 0 Å². The highest BCUT2D eigenvalue weighted by Gasteiger charge is 2.16. The maximum atomic E-state index is 12.2. The molecule has 0 aliphatic carbocycles. The second-order valence-electron chi connectivity index (χ2n) is 6.93. The number of carbonyl (C=O) groups is 2. The lowest BCUT2D eigenvalue weighted by Crippen LogP contribution is -3.12. The first-order valence-electron chi connectivity index (χ1n) is 9.54. The van der Waals surface area contributed by atoms with E-state index in [1.54, 1.807) is 30.3 Å². The number of hydrogen-bond acceptors (Lipinski definition) is 6. The number of rotatable bonds is 6. The summed E-state index contributed by atoms with van der Waals surface area (Å²) in [5.74, 6) is 0.243. The van der Waals surface area contributed by atoms with E-state index >= 15 is 0 Å². The van der Waals surface area contributed by atoms with Gasteiger partial charge in [-0.25, -0.2) is 4.79 Å². The van der Waals surface area contributed by atoms with Crippen LogP contribution in [0.5, 0.6) is 11.5 Å². The van der Waals surface area contributed by atoms with E-state index in [2.05, 4.69) is 5.32 Å². The molecule has 0 saturated carbocycles.